The summed E-state index contributed by atoms with van der Waals surface area (Å²) in [6.07, 6.45) is 1.93. The lowest BCUT2D eigenvalue weighted by atomic mass is 10.0. The Balaban J connectivity index is 2.12. The second-order valence-corrected chi connectivity index (χ2v) is 4.97. The molecule has 0 aliphatic carbocycles. The first-order valence-corrected chi connectivity index (χ1v) is 7.17. The minimum absolute atomic E-state index is 0.000555. The lowest BCUT2D eigenvalue weighted by Gasteiger charge is -2.18. The summed E-state index contributed by atoms with van der Waals surface area (Å²) in [5.41, 5.74) is 2.01. The molecule has 0 atom stereocenters. The van der Waals surface area contributed by atoms with E-state index in [1.807, 2.05) is 6.92 Å². The van der Waals surface area contributed by atoms with Gasteiger partial charge in [-0.2, -0.15) is 0 Å². The van der Waals surface area contributed by atoms with E-state index >= 15 is 0 Å². The first-order chi connectivity index (χ1) is 10.1. The molecule has 0 saturated heterocycles. The number of nitrogens with zero attached hydrogens (tertiary/aromatic N) is 1. The zero-order valence-electron chi connectivity index (χ0n) is 12.1. The van der Waals surface area contributed by atoms with Crippen molar-refractivity contribution >= 4 is 23.0 Å². The van der Waals surface area contributed by atoms with Crippen molar-refractivity contribution < 1.29 is 9.72 Å². The fourth-order valence-corrected chi connectivity index (χ4v) is 2.32. The molecule has 21 heavy (non-hydrogen) atoms. The van der Waals surface area contributed by atoms with Gasteiger partial charge in [0.15, 0.2) is 0 Å². The number of amides is 1. The van der Waals surface area contributed by atoms with Crippen LogP contribution in [0.15, 0.2) is 12.1 Å². The highest BCUT2D eigenvalue weighted by molar-refractivity contribution is 5.95. The summed E-state index contributed by atoms with van der Waals surface area (Å²) in [7, 11) is 0. The van der Waals surface area contributed by atoms with E-state index in [2.05, 4.69) is 16.0 Å². The average molecular weight is 292 g/mol. The van der Waals surface area contributed by atoms with Gasteiger partial charge < -0.3 is 16.0 Å². The summed E-state index contributed by atoms with van der Waals surface area (Å²) >= 11 is 0. The maximum absolute atomic E-state index is 11.4. The molecule has 0 spiro atoms. The van der Waals surface area contributed by atoms with E-state index in [9.17, 15) is 14.9 Å². The Kier molecular flexibility index (Phi) is 5.10. The minimum atomic E-state index is -0.423. The molecule has 1 aliphatic heterocycles. The summed E-state index contributed by atoms with van der Waals surface area (Å²) in [5, 5.41) is 20.2. The molecule has 0 radical (unpaired) electrons. The van der Waals surface area contributed by atoms with Crippen molar-refractivity contribution in [1.82, 2.24) is 5.32 Å². The van der Waals surface area contributed by atoms with Crippen molar-refractivity contribution in [3.05, 3.63) is 27.8 Å². The lowest BCUT2D eigenvalue weighted by molar-refractivity contribution is -0.383. The van der Waals surface area contributed by atoms with Crippen molar-refractivity contribution in [2.45, 2.75) is 26.2 Å². The third kappa shape index (κ3) is 3.91. The highest BCUT2D eigenvalue weighted by Crippen LogP contribution is 2.34. The number of carbonyl (C=O) groups excluding carboxylic acids is 1. The first kappa shape index (κ1) is 15.2. The van der Waals surface area contributed by atoms with Crippen LogP contribution in [0.1, 0.15) is 25.3 Å². The topological polar surface area (TPSA) is 96.3 Å². The second kappa shape index (κ2) is 7.03. The number of anilines is 2. The number of nitrogens with one attached hydrogen (secondary N) is 3. The molecule has 0 bridgehead atoms. The smallest absolute Gasteiger partial charge is 0.294 e. The maximum Gasteiger partial charge on any atom is 0.294 e. The molecule has 1 aliphatic rings. The van der Waals surface area contributed by atoms with Crippen molar-refractivity contribution in [2.24, 2.45) is 0 Å². The van der Waals surface area contributed by atoms with Gasteiger partial charge in [0.05, 0.1) is 10.6 Å². The monoisotopic (exact) mass is 292 g/mol. The van der Waals surface area contributed by atoms with Crippen molar-refractivity contribution in [3.63, 3.8) is 0 Å². The van der Waals surface area contributed by atoms with E-state index in [0.717, 1.165) is 25.1 Å². The summed E-state index contributed by atoms with van der Waals surface area (Å²) < 4.78 is 0. The van der Waals surface area contributed by atoms with Crippen molar-refractivity contribution in [2.75, 3.05) is 30.3 Å². The number of carbonyl (C=O) groups is 1. The predicted octanol–water partition coefficient (Wildman–Crippen LogP) is 1.89. The standard InChI is InChI=1S/C14H20N4O3/c1-2-15-6-3-7-16-12-8-10-4-5-14(19)17-11(10)9-13(12)18(20)21/h8-9,15-16H,2-7H2,1H3,(H,17,19). The molecule has 1 aromatic carbocycles. The van der Waals surface area contributed by atoms with E-state index in [1.165, 1.54) is 6.07 Å². The van der Waals surface area contributed by atoms with Crippen molar-refractivity contribution in [1.29, 1.82) is 0 Å². The van der Waals surface area contributed by atoms with Crippen LogP contribution in [0.25, 0.3) is 0 Å². The average Bonchev–Trinajstić information content (AvgIpc) is 2.46. The Morgan fingerprint density at radius 2 is 2.14 bits per heavy atom. The van der Waals surface area contributed by atoms with Crippen LogP contribution in [0.3, 0.4) is 0 Å². The molecule has 7 nitrogen and oxygen atoms in total. The lowest BCUT2D eigenvalue weighted by Crippen LogP contribution is -2.20. The Labute approximate surface area is 123 Å². The number of fused-ring (bicyclic) bond motifs is 1. The highest BCUT2D eigenvalue weighted by Gasteiger charge is 2.22. The van der Waals surface area contributed by atoms with Gasteiger partial charge in [-0.25, -0.2) is 0 Å². The van der Waals surface area contributed by atoms with E-state index in [0.29, 0.717) is 30.8 Å². The zero-order chi connectivity index (χ0) is 15.2. The molecule has 0 unspecified atom stereocenters. The Morgan fingerprint density at radius 3 is 2.86 bits per heavy atom. The molecule has 1 aromatic rings. The number of nitro benzene ring substituents is 1. The molecule has 1 amide bonds. The molecule has 114 valence electrons. The van der Waals surface area contributed by atoms with E-state index in [-0.39, 0.29) is 11.6 Å². The molecule has 0 fully saturated rings. The van der Waals surface area contributed by atoms with Crippen LogP contribution in [0.4, 0.5) is 17.1 Å². The molecular weight excluding hydrogens is 272 g/mol. The van der Waals surface area contributed by atoms with Crippen LogP contribution in [-0.2, 0) is 11.2 Å². The van der Waals surface area contributed by atoms with Crippen LogP contribution in [0, 0.1) is 10.1 Å². The van der Waals surface area contributed by atoms with Crippen LogP contribution in [0.2, 0.25) is 0 Å². The molecule has 3 N–H and O–H groups in total. The fraction of sp³-hybridized carbons (Fsp3) is 0.500. The van der Waals surface area contributed by atoms with Gasteiger partial charge in [-0.05, 0) is 37.6 Å². The third-order valence-electron chi connectivity index (χ3n) is 3.41. The Hall–Kier alpha value is -2.15. The van der Waals surface area contributed by atoms with Crippen LogP contribution >= 0.6 is 0 Å². The summed E-state index contributed by atoms with van der Waals surface area (Å²) in [4.78, 5) is 22.1. The second-order valence-electron chi connectivity index (χ2n) is 4.97. The quantitative estimate of drug-likeness (QED) is 0.405. The van der Waals surface area contributed by atoms with E-state index in [4.69, 9.17) is 0 Å². The Bertz CT molecular complexity index is 545. The van der Waals surface area contributed by atoms with Gasteiger partial charge in [-0.15, -0.1) is 0 Å². The SMILES string of the molecule is CCNCCCNc1cc2c(cc1[N+](=O)[O-])NC(=O)CC2. The number of hydrogen-bond donors (Lipinski definition) is 3. The number of aryl methyl sites for hydroxylation is 1. The molecule has 2 rings (SSSR count). The van der Waals surface area contributed by atoms with Crippen molar-refractivity contribution in [3.8, 4) is 0 Å². The van der Waals surface area contributed by atoms with Crippen LogP contribution in [-0.4, -0.2) is 30.5 Å². The molecule has 7 heteroatoms. The molecule has 1 heterocycles. The molecular formula is C14H20N4O3. The van der Waals surface area contributed by atoms with Gasteiger partial charge in [0.25, 0.3) is 5.69 Å². The van der Waals surface area contributed by atoms with Crippen LogP contribution < -0.4 is 16.0 Å². The third-order valence-corrected chi connectivity index (χ3v) is 3.41. The number of nitro groups is 1. The fourth-order valence-electron chi connectivity index (χ4n) is 2.32. The first-order valence-electron chi connectivity index (χ1n) is 7.17. The van der Waals surface area contributed by atoms with Gasteiger partial charge in [0, 0.05) is 19.0 Å². The van der Waals surface area contributed by atoms with Gasteiger partial charge in [0.1, 0.15) is 5.69 Å². The summed E-state index contributed by atoms with van der Waals surface area (Å²) in [6.45, 7) is 4.49. The van der Waals surface area contributed by atoms with Gasteiger partial charge >= 0.3 is 0 Å². The Morgan fingerprint density at radius 1 is 1.33 bits per heavy atom. The number of benzene rings is 1. The predicted molar refractivity (Wildman–Crippen MR) is 81.7 cm³/mol. The number of rotatable bonds is 7. The minimum Gasteiger partial charge on any atom is -0.379 e. The van der Waals surface area contributed by atoms with Gasteiger partial charge in [-0.3, -0.25) is 14.9 Å². The van der Waals surface area contributed by atoms with Gasteiger partial charge in [-0.1, -0.05) is 6.92 Å². The zero-order valence-corrected chi connectivity index (χ0v) is 12.1. The largest absolute Gasteiger partial charge is 0.379 e. The normalized spacial score (nSPS) is 13.5. The van der Waals surface area contributed by atoms with E-state index in [1.54, 1.807) is 6.07 Å². The maximum atomic E-state index is 11.4. The van der Waals surface area contributed by atoms with Gasteiger partial charge in [0.2, 0.25) is 5.91 Å². The number of hydrogen-bond acceptors (Lipinski definition) is 5. The highest BCUT2D eigenvalue weighted by atomic mass is 16.6. The summed E-state index contributed by atoms with van der Waals surface area (Å²) in [6, 6.07) is 3.22. The molecule has 0 saturated carbocycles. The van der Waals surface area contributed by atoms with Crippen LogP contribution in [0.5, 0.6) is 0 Å². The summed E-state index contributed by atoms with van der Waals surface area (Å²) in [5.74, 6) is -0.0943. The molecule has 0 aromatic heterocycles. The van der Waals surface area contributed by atoms with E-state index < -0.39 is 4.92 Å².